The molecular formula is C97H185N25. The van der Waals surface area contributed by atoms with E-state index >= 15 is 0 Å². The van der Waals surface area contributed by atoms with E-state index in [9.17, 15) is 0 Å². The Hall–Kier alpha value is -5.05. The molecule has 0 aromatic carbocycles. The highest BCUT2D eigenvalue weighted by atomic mass is 15.5. The van der Waals surface area contributed by atoms with Gasteiger partial charge in [0.25, 0.3) is 0 Å². The van der Waals surface area contributed by atoms with Gasteiger partial charge in [0.2, 0.25) is 53.5 Å². The zero-order chi connectivity index (χ0) is 89.7. The summed E-state index contributed by atoms with van der Waals surface area (Å²) in [7, 11) is 0. The second-order valence-electron chi connectivity index (χ2n) is 47.0. The number of hydrogen-bond acceptors (Lipinski definition) is 25. The van der Waals surface area contributed by atoms with Crippen LogP contribution < -0.4 is 82.8 Å². The summed E-state index contributed by atoms with van der Waals surface area (Å²) in [4.78, 5) is 65.8. The molecule has 1 unspecified atom stereocenters. The van der Waals surface area contributed by atoms with Crippen LogP contribution >= 0.6 is 0 Å². The van der Waals surface area contributed by atoms with E-state index in [2.05, 4.69) is 290 Å². The van der Waals surface area contributed by atoms with Crippen molar-refractivity contribution < 1.29 is 0 Å². The van der Waals surface area contributed by atoms with Gasteiger partial charge in [-0.1, -0.05) is 99.3 Å². The lowest BCUT2D eigenvalue weighted by Gasteiger charge is -2.50. The largest absolute Gasteiger partial charge is 0.354 e. The van der Waals surface area contributed by atoms with Crippen molar-refractivity contribution in [2.45, 2.75) is 516 Å². The Bertz CT molecular complexity index is 3220. The minimum absolute atomic E-state index is 0.0468. The van der Waals surface area contributed by atoms with Gasteiger partial charge < -0.3 is 71.9 Å². The van der Waals surface area contributed by atoms with E-state index in [1.165, 1.54) is 0 Å². The van der Waals surface area contributed by atoms with Crippen LogP contribution in [0.15, 0.2) is 0 Å². The average molecular weight is 1700 g/mol. The predicted octanol–water partition coefficient (Wildman–Crippen LogP) is 19.0. The third-order valence-corrected chi connectivity index (χ3v) is 26.7. The number of hydrogen-bond donors (Lipinski definition) is 10. The van der Waals surface area contributed by atoms with Crippen LogP contribution in [0.1, 0.15) is 407 Å². The number of nitrogens with one attached hydrogen (secondary N) is 10. The van der Waals surface area contributed by atoms with Gasteiger partial charge in [-0.2, -0.15) is 44.9 Å². The highest BCUT2D eigenvalue weighted by Gasteiger charge is 2.48. The molecule has 6 aliphatic rings. The van der Waals surface area contributed by atoms with Gasteiger partial charge in [-0.25, -0.2) is 5.43 Å². The second kappa shape index (κ2) is 42.0. The molecule has 122 heavy (non-hydrogen) atoms. The molecule has 25 nitrogen and oxygen atoms in total. The molecule has 698 valence electrons. The van der Waals surface area contributed by atoms with Crippen LogP contribution in [0.25, 0.3) is 0 Å². The lowest BCUT2D eigenvalue weighted by molar-refractivity contribution is 0.156. The summed E-state index contributed by atoms with van der Waals surface area (Å²) in [5, 5.41) is 32.0. The summed E-state index contributed by atoms with van der Waals surface area (Å²) in [6.45, 7) is 77.5. The lowest BCUT2D eigenvalue weighted by atomic mass is 9.79. The van der Waals surface area contributed by atoms with Crippen molar-refractivity contribution in [1.29, 1.82) is 0 Å². The number of anilines is 9. The van der Waals surface area contributed by atoms with Gasteiger partial charge in [-0.05, 0) is 307 Å². The van der Waals surface area contributed by atoms with Crippen LogP contribution in [0.2, 0.25) is 0 Å². The van der Waals surface area contributed by atoms with Gasteiger partial charge >= 0.3 is 0 Å². The molecular weight excluding hydrogens is 1520 g/mol. The molecule has 6 fully saturated rings. The zero-order valence-electron chi connectivity index (χ0n) is 83.8. The highest BCUT2D eigenvalue weighted by Crippen LogP contribution is 2.43. The Morgan fingerprint density at radius 2 is 0.459 bits per heavy atom. The highest BCUT2D eigenvalue weighted by molar-refractivity contribution is 5.51. The number of unbranched alkanes of at least 4 members (excludes halogenated alkanes) is 9. The van der Waals surface area contributed by atoms with Crippen molar-refractivity contribution in [2.75, 3.05) is 97.8 Å². The fourth-order valence-corrected chi connectivity index (χ4v) is 23.7. The summed E-state index contributed by atoms with van der Waals surface area (Å²) in [5.74, 6) is 6.71. The molecule has 0 amide bonds. The Labute approximate surface area is 745 Å². The van der Waals surface area contributed by atoms with Crippen molar-refractivity contribution in [3.63, 3.8) is 0 Å². The molecule has 0 saturated carbocycles. The standard InChI is InChI=1S/C97H185N25/c1-31-37-52-117(71-58-86(7,8)111-87(9,10)59-71)80-101-77(102-81(107-80)118(53-38-32-2)72-60-88(11,12)112-89(13,14)61-72)98-50-46-43-44-48-70(100-78-103-82(119(54-39-33-3)73-62-90(15,16)113-91(17,18)63-73)108-83(104-78)120(55-40-34-4)74-64-92(19,20)114-93(21,22)65-74)49-45-47-51-99-110-79-105-84(121(56-41-35-5)75-66-94(23,24)115-95(25,26)67-75)109-85(106-79)122(57-42-36-6)76-68-96(27,28)116-97(29,30)69-76/h70-76,99,111-116H,31-69H2,1-30H3,(H,98,101,102,107)(H,100,103,104,108)(H,105,106,109,110). The number of hydrazine groups is 1. The molecule has 9 rings (SSSR count). The molecule has 3 aromatic rings. The minimum Gasteiger partial charge on any atom is -0.354 e. The molecule has 0 aliphatic carbocycles. The summed E-state index contributed by atoms with van der Waals surface area (Å²) in [6.07, 6.45) is 31.6. The van der Waals surface area contributed by atoms with Crippen LogP contribution in [0.5, 0.6) is 0 Å². The molecule has 9 heterocycles. The summed E-state index contributed by atoms with van der Waals surface area (Å²) in [5.41, 5.74) is 6.65. The maximum absolute atomic E-state index is 5.76. The first-order chi connectivity index (χ1) is 56.9. The van der Waals surface area contributed by atoms with E-state index in [1.54, 1.807) is 0 Å². The Kier molecular flexibility index (Phi) is 34.7. The van der Waals surface area contributed by atoms with E-state index in [4.69, 9.17) is 44.9 Å². The first-order valence-electron chi connectivity index (χ1n) is 49.5. The smallest absolute Gasteiger partial charge is 0.243 e. The van der Waals surface area contributed by atoms with Gasteiger partial charge in [0.1, 0.15) is 0 Å². The van der Waals surface area contributed by atoms with Crippen LogP contribution in [0.3, 0.4) is 0 Å². The third kappa shape index (κ3) is 30.6. The molecule has 0 radical (unpaired) electrons. The molecule has 25 heteroatoms. The van der Waals surface area contributed by atoms with E-state index in [0.29, 0.717) is 17.8 Å². The van der Waals surface area contributed by atoms with Crippen molar-refractivity contribution in [3.8, 4) is 0 Å². The SMILES string of the molecule is CCCCN(c1nc(NCCCCCC(CCCCNNc2nc(N(CCCC)C3CC(C)(C)NC(C)(C)C3)nc(N(CCCC)C3CC(C)(C)NC(C)(C)C3)n2)Nc2nc(N(CCCC)C3CC(C)(C)NC(C)(C)C3)nc(N(CCCC)C3CC(C)(C)NC(C)(C)C3)n2)nc(N(CCCC)C2CC(C)(C)NC(C)(C)C2)n1)C1CC(C)(C)NC(C)(C)C1. The summed E-state index contributed by atoms with van der Waals surface area (Å²) >= 11 is 0. The molecule has 0 spiro atoms. The van der Waals surface area contributed by atoms with Crippen LogP contribution in [0.4, 0.5) is 53.5 Å². The third-order valence-electron chi connectivity index (χ3n) is 26.7. The van der Waals surface area contributed by atoms with Crippen molar-refractivity contribution in [2.24, 2.45) is 0 Å². The molecule has 6 aliphatic heterocycles. The quantitative estimate of drug-likeness (QED) is 0.0186. The molecule has 6 saturated heterocycles. The number of aromatic nitrogens is 9. The van der Waals surface area contributed by atoms with Crippen molar-refractivity contribution in [1.82, 2.24) is 82.2 Å². The van der Waals surface area contributed by atoms with Crippen molar-refractivity contribution in [3.05, 3.63) is 0 Å². The number of nitrogens with zero attached hydrogens (tertiary/aromatic N) is 15. The number of rotatable bonds is 46. The average Bonchev–Trinajstić information content (AvgIpc) is 0.779. The fraction of sp³-hybridized carbons (Fsp3) is 0.907. The van der Waals surface area contributed by atoms with E-state index < -0.39 is 0 Å². The van der Waals surface area contributed by atoms with Gasteiger partial charge in [0, 0.05) is 161 Å². The van der Waals surface area contributed by atoms with Crippen LogP contribution in [0, 0.1) is 0 Å². The monoisotopic (exact) mass is 1700 g/mol. The first-order valence-corrected chi connectivity index (χ1v) is 49.5. The Morgan fingerprint density at radius 1 is 0.254 bits per heavy atom. The van der Waals surface area contributed by atoms with Gasteiger partial charge in [-0.15, -0.1) is 0 Å². The molecule has 3 aromatic heterocycles. The second-order valence-corrected chi connectivity index (χ2v) is 47.0. The van der Waals surface area contributed by atoms with Gasteiger partial charge in [-0.3, -0.25) is 5.43 Å². The van der Waals surface area contributed by atoms with Crippen LogP contribution in [-0.4, -0.2) is 206 Å². The first kappa shape index (κ1) is 101. The molecule has 0 bridgehead atoms. The van der Waals surface area contributed by atoms with Gasteiger partial charge in [0.05, 0.1) is 0 Å². The van der Waals surface area contributed by atoms with Crippen LogP contribution in [-0.2, 0) is 0 Å². The lowest BCUT2D eigenvalue weighted by Crippen LogP contribution is -2.63. The maximum Gasteiger partial charge on any atom is 0.243 e. The summed E-state index contributed by atoms with van der Waals surface area (Å²) in [6, 6.07) is 1.59. The van der Waals surface area contributed by atoms with Crippen molar-refractivity contribution >= 4 is 53.5 Å². The normalized spacial score (nSPS) is 22.6. The Morgan fingerprint density at radius 3 is 0.689 bits per heavy atom. The number of piperidine rings is 6. The van der Waals surface area contributed by atoms with E-state index in [0.717, 1.165) is 287 Å². The van der Waals surface area contributed by atoms with E-state index in [1.807, 2.05) is 0 Å². The van der Waals surface area contributed by atoms with E-state index in [-0.39, 0.29) is 109 Å². The molecule has 1 atom stereocenters. The molecule has 10 N–H and O–H groups in total. The summed E-state index contributed by atoms with van der Waals surface area (Å²) < 4.78 is 0. The van der Waals surface area contributed by atoms with Gasteiger partial charge in [0.15, 0.2) is 0 Å². The zero-order valence-corrected chi connectivity index (χ0v) is 83.8. The topological polar surface area (TPSA) is 256 Å². The predicted molar refractivity (Wildman–Crippen MR) is 519 cm³/mol. The maximum atomic E-state index is 5.76. The fourth-order valence-electron chi connectivity index (χ4n) is 23.7. The Balaban J connectivity index is 1.05. The minimum atomic E-state index is -0.0732.